The number of hydrogen-bond acceptors (Lipinski definition) is 6. The highest BCUT2D eigenvalue weighted by molar-refractivity contribution is 7.20. The number of nitrogens with one attached hydrogen (secondary N) is 1. The van der Waals surface area contributed by atoms with Gasteiger partial charge in [0.05, 0.1) is 20.1 Å². The van der Waals surface area contributed by atoms with Gasteiger partial charge in [-0.2, -0.15) is 18.3 Å². The monoisotopic (exact) mass is 450 g/mol. The number of thiazole rings is 1. The predicted octanol–water partition coefficient (Wildman–Crippen LogP) is 4.55. The molecule has 1 amide bonds. The Bertz CT molecular complexity index is 1290. The summed E-state index contributed by atoms with van der Waals surface area (Å²) in [6.07, 6.45) is -4.53. The smallest absolute Gasteiger partial charge is 0.324 e. The van der Waals surface area contributed by atoms with Gasteiger partial charge in [0.25, 0.3) is 5.56 Å². The summed E-state index contributed by atoms with van der Waals surface area (Å²) in [4.78, 5) is 30.3. The summed E-state index contributed by atoms with van der Waals surface area (Å²) in [6.45, 7) is 1.31. The Labute approximate surface area is 175 Å². The first kappa shape index (κ1) is 20.2. The number of carbonyl (C=O) groups is 1. The number of alkyl halides is 3. The topological polar surface area (TPSA) is 76.9 Å². The Kier molecular flexibility index (Phi) is 5.16. The van der Waals surface area contributed by atoms with Gasteiger partial charge in [-0.1, -0.05) is 12.1 Å². The van der Waals surface area contributed by atoms with Crippen LogP contribution in [0, 0.1) is 6.92 Å². The van der Waals surface area contributed by atoms with E-state index in [1.807, 2.05) is 17.5 Å². The second kappa shape index (κ2) is 7.65. The van der Waals surface area contributed by atoms with Crippen molar-refractivity contribution in [2.75, 3.05) is 5.32 Å². The number of aryl methyl sites for hydroxylation is 1. The van der Waals surface area contributed by atoms with E-state index in [0.717, 1.165) is 21.7 Å². The first-order chi connectivity index (χ1) is 14.2. The van der Waals surface area contributed by atoms with E-state index in [-0.39, 0.29) is 11.2 Å². The summed E-state index contributed by atoms with van der Waals surface area (Å²) in [5.74, 6) is -0.674. The third kappa shape index (κ3) is 3.98. The first-order valence-electron chi connectivity index (χ1n) is 8.61. The molecule has 11 heteroatoms. The van der Waals surface area contributed by atoms with Crippen molar-refractivity contribution in [2.24, 2.45) is 0 Å². The lowest BCUT2D eigenvalue weighted by Gasteiger charge is -2.11. The number of thiophene rings is 1. The number of fused-ring (bicyclic) bond motifs is 1. The summed E-state index contributed by atoms with van der Waals surface area (Å²) in [5.41, 5.74) is -0.685. The van der Waals surface area contributed by atoms with Gasteiger partial charge in [0.15, 0.2) is 5.52 Å². The quantitative estimate of drug-likeness (QED) is 0.495. The minimum atomic E-state index is -4.53. The molecule has 154 valence electrons. The van der Waals surface area contributed by atoms with E-state index in [1.54, 1.807) is 6.92 Å². The lowest BCUT2D eigenvalue weighted by molar-refractivity contribution is -0.137. The third-order valence-corrected chi connectivity index (χ3v) is 5.98. The molecule has 0 aliphatic carbocycles. The highest BCUT2D eigenvalue weighted by atomic mass is 32.1. The van der Waals surface area contributed by atoms with Crippen LogP contribution in [0.4, 0.5) is 18.9 Å². The standard InChI is InChI=1S/C19H13F3N4O2S2/c1-10-23-16-17(30-10)15(13-6-3-7-29-13)25-26(18(16)28)9-14(27)24-12-5-2-4-11(8-12)19(20,21)22/h2-8H,9H2,1H3,(H,24,27). The molecule has 0 aliphatic rings. The van der Waals surface area contributed by atoms with Gasteiger partial charge >= 0.3 is 6.18 Å². The van der Waals surface area contributed by atoms with E-state index in [1.165, 1.54) is 34.8 Å². The largest absolute Gasteiger partial charge is 0.416 e. The molecule has 6 nitrogen and oxygen atoms in total. The van der Waals surface area contributed by atoms with Gasteiger partial charge in [0.1, 0.15) is 12.2 Å². The molecule has 4 rings (SSSR count). The molecule has 1 N–H and O–H groups in total. The van der Waals surface area contributed by atoms with Crippen molar-refractivity contribution in [1.82, 2.24) is 14.8 Å². The Hall–Kier alpha value is -3.05. The lowest BCUT2D eigenvalue weighted by Crippen LogP contribution is -2.30. The zero-order valence-electron chi connectivity index (χ0n) is 15.4. The molecule has 3 heterocycles. The fraction of sp³-hybridized carbons (Fsp3) is 0.158. The van der Waals surface area contributed by atoms with Gasteiger partial charge in [-0.3, -0.25) is 9.59 Å². The fourth-order valence-corrected chi connectivity index (χ4v) is 4.55. The zero-order chi connectivity index (χ0) is 21.5. The molecule has 1 aromatic carbocycles. The third-order valence-electron chi connectivity index (χ3n) is 4.13. The molecule has 3 aromatic heterocycles. The summed E-state index contributed by atoms with van der Waals surface area (Å²) in [7, 11) is 0. The highest BCUT2D eigenvalue weighted by Gasteiger charge is 2.30. The van der Waals surface area contributed by atoms with Crippen LogP contribution in [0.2, 0.25) is 0 Å². The van der Waals surface area contributed by atoms with E-state index in [4.69, 9.17) is 0 Å². The van der Waals surface area contributed by atoms with E-state index in [2.05, 4.69) is 15.4 Å². The number of amides is 1. The Morgan fingerprint density at radius 2 is 2.03 bits per heavy atom. The zero-order valence-corrected chi connectivity index (χ0v) is 17.0. The summed E-state index contributed by atoms with van der Waals surface area (Å²) < 4.78 is 40.2. The average Bonchev–Trinajstić information content (AvgIpc) is 3.33. The molecule has 4 aromatic rings. The van der Waals surface area contributed by atoms with Gasteiger partial charge in [-0.05, 0) is 36.6 Å². The number of aromatic nitrogens is 3. The predicted molar refractivity (Wildman–Crippen MR) is 110 cm³/mol. The van der Waals surface area contributed by atoms with Crippen LogP contribution in [0.3, 0.4) is 0 Å². The maximum absolute atomic E-state index is 12.9. The molecule has 0 bridgehead atoms. The number of rotatable bonds is 4. The SMILES string of the molecule is Cc1nc2c(=O)n(CC(=O)Nc3cccc(C(F)(F)F)c3)nc(-c3cccs3)c2s1. The van der Waals surface area contributed by atoms with Crippen LogP contribution >= 0.6 is 22.7 Å². The molecular weight excluding hydrogens is 437 g/mol. The van der Waals surface area contributed by atoms with E-state index >= 15 is 0 Å². The lowest BCUT2D eigenvalue weighted by atomic mass is 10.2. The van der Waals surface area contributed by atoms with Crippen molar-refractivity contribution >= 4 is 44.5 Å². The van der Waals surface area contributed by atoms with Crippen LogP contribution in [-0.2, 0) is 17.5 Å². The van der Waals surface area contributed by atoms with E-state index in [9.17, 15) is 22.8 Å². The van der Waals surface area contributed by atoms with Gasteiger partial charge in [-0.15, -0.1) is 22.7 Å². The summed E-state index contributed by atoms with van der Waals surface area (Å²) in [6, 6.07) is 7.97. The van der Waals surface area contributed by atoms with Crippen molar-refractivity contribution in [1.29, 1.82) is 0 Å². The Balaban J connectivity index is 1.67. The first-order valence-corrected chi connectivity index (χ1v) is 10.3. The average molecular weight is 450 g/mol. The number of nitrogens with zero attached hydrogens (tertiary/aromatic N) is 3. The molecule has 0 radical (unpaired) electrons. The number of benzene rings is 1. The molecule has 0 fully saturated rings. The second-order valence-corrected chi connectivity index (χ2v) is 8.48. The molecule has 0 unspecified atom stereocenters. The molecule has 0 saturated carbocycles. The summed E-state index contributed by atoms with van der Waals surface area (Å²) in [5, 5.41) is 9.28. The second-order valence-electron chi connectivity index (χ2n) is 6.33. The molecule has 0 saturated heterocycles. The number of anilines is 1. The van der Waals surface area contributed by atoms with Gasteiger partial charge in [0.2, 0.25) is 5.91 Å². The number of hydrogen-bond donors (Lipinski definition) is 1. The van der Waals surface area contributed by atoms with Crippen molar-refractivity contribution < 1.29 is 18.0 Å². The van der Waals surface area contributed by atoms with Crippen molar-refractivity contribution in [3.63, 3.8) is 0 Å². The Morgan fingerprint density at radius 3 is 2.73 bits per heavy atom. The minimum Gasteiger partial charge on any atom is -0.324 e. The molecule has 30 heavy (non-hydrogen) atoms. The fourth-order valence-electron chi connectivity index (χ4n) is 2.86. The maximum atomic E-state index is 12.9. The van der Waals surface area contributed by atoms with Crippen LogP contribution in [0.5, 0.6) is 0 Å². The van der Waals surface area contributed by atoms with E-state index < -0.39 is 29.8 Å². The normalized spacial score (nSPS) is 11.7. The summed E-state index contributed by atoms with van der Waals surface area (Å²) >= 11 is 2.77. The van der Waals surface area contributed by atoms with Crippen LogP contribution < -0.4 is 10.9 Å². The Morgan fingerprint density at radius 1 is 1.23 bits per heavy atom. The molecule has 0 atom stereocenters. The maximum Gasteiger partial charge on any atom is 0.416 e. The van der Waals surface area contributed by atoms with Crippen molar-refractivity contribution in [2.45, 2.75) is 19.6 Å². The highest BCUT2D eigenvalue weighted by Crippen LogP contribution is 2.32. The van der Waals surface area contributed by atoms with Crippen LogP contribution in [0.25, 0.3) is 20.8 Å². The van der Waals surface area contributed by atoms with Gasteiger partial charge < -0.3 is 5.32 Å². The van der Waals surface area contributed by atoms with Gasteiger partial charge in [-0.25, -0.2) is 9.67 Å². The van der Waals surface area contributed by atoms with Crippen LogP contribution in [0.15, 0.2) is 46.6 Å². The van der Waals surface area contributed by atoms with E-state index in [0.29, 0.717) is 15.4 Å². The van der Waals surface area contributed by atoms with Crippen molar-refractivity contribution in [3.05, 3.63) is 62.7 Å². The van der Waals surface area contributed by atoms with Crippen molar-refractivity contribution in [3.8, 4) is 10.6 Å². The van der Waals surface area contributed by atoms with Crippen LogP contribution in [0.1, 0.15) is 10.6 Å². The van der Waals surface area contributed by atoms with Gasteiger partial charge in [0, 0.05) is 5.69 Å². The molecule has 0 spiro atoms. The number of carbonyl (C=O) groups excluding carboxylic acids is 1. The molecule has 0 aliphatic heterocycles. The van der Waals surface area contributed by atoms with Crippen LogP contribution in [-0.4, -0.2) is 20.7 Å². The number of halogens is 3. The minimum absolute atomic E-state index is 0.0214. The molecular formula is C19H13F3N4O2S2.